The number of alkyl halides is 3. The van der Waals surface area contributed by atoms with Crippen molar-refractivity contribution in [3.05, 3.63) is 36.0 Å². The Morgan fingerprint density at radius 1 is 1.25 bits per heavy atom. The van der Waals surface area contributed by atoms with E-state index in [-0.39, 0.29) is 13.1 Å². The van der Waals surface area contributed by atoms with Crippen molar-refractivity contribution >= 4 is 16.6 Å². The largest absolute Gasteiger partial charge is 0.390 e. The lowest BCUT2D eigenvalue weighted by Crippen LogP contribution is -2.25. The Balaban J connectivity index is 2.40. The minimum Gasteiger partial charge on any atom is -0.373 e. The highest BCUT2D eigenvalue weighted by atomic mass is 19.4. The fourth-order valence-electron chi connectivity index (χ4n) is 2.17. The molecule has 0 atom stereocenters. The van der Waals surface area contributed by atoms with Crippen LogP contribution in [0.4, 0.5) is 18.9 Å². The standard InChI is InChI=1S/C14H16F3N3/c1-20(7-6-14(15,16)17)13-10(8-18)9-19-12-5-3-2-4-11(12)13/h2-5,9H,6-8,18H2,1H3. The van der Waals surface area contributed by atoms with Gasteiger partial charge < -0.3 is 10.6 Å². The Labute approximate surface area is 115 Å². The predicted molar refractivity (Wildman–Crippen MR) is 73.6 cm³/mol. The topological polar surface area (TPSA) is 42.1 Å². The van der Waals surface area contributed by atoms with Crippen LogP contribution >= 0.6 is 0 Å². The van der Waals surface area contributed by atoms with E-state index >= 15 is 0 Å². The molecule has 0 aliphatic carbocycles. The van der Waals surface area contributed by atoms with Crippen LogP contribution in [0.5, 0.6) is 0 Å². The zero-order valence-electron chi connectivity index (χ0n) is 11.1. The molecule has 0 saturated carbocycles. The van der Waals surface area contributed by atoms with E-state index in [4.69, 9.17) is 5.73 Å². The smallest absolute Gasteiger partial charge is 0.373 e. The van der Waals surface area contributed by atoms with Gasteiger partial charge in [-0.2, -0.15) is 13.2 Å². The molecule has 0 amide bonds. The van der Waals surface area contributed by atoms with Gasteiger partial charge in [0.05, 0.1) is 17.6 Å². The normalized spacial score (nSPS) is 11.8. The van der Waals surface area contributed by atoms with Crippen LogP contribution in [0.15, 0.2) is 30.5 Å². The van der Waals surface area contributed by atoms with E-state index in [0.29, 0.717) is 0 Å². The molecule has 6 heteroatoms. The maximum absolute atomic E-state index is 12.4. The molecule has 0 fully saturated rings. The Hall–Kier alpha value is -1.82. The Bertz CT molecular complexity index is 596. The van der Waals surface area contributed by atoms with Gasteiger partial charge in [0.15, 0.2) is 0 Å². The molecule has 0 saturated heterocycles. The van der Waals surface area contributed by atoms with Crippen molar-refractivity contribution in [2.24, 2.45) is 5.73 Å². The first kappa shape index (κ1) is 14.6. The summed E-state index contributed by atoms with van der Waals surface area (Å²) in [5.74, 6) is 0. The fraction of sp³-hybridized carbons (Fsp3) is 0.357. The lowest BCUT2D eigenvalue weighted by molar-refractivity contribution is -0.132. The number of halogens is 3. The summed E-state index contributed by atoms with van der Waals surface area (Å²) in [7, 11) is 1.65. The first-order valence-electron chi connectivity index (χ1n) is 6.27. The molecule has 0 aliphatic rings. The summed E-state index contributed by atoms with van der Waals surface area (Å²) in [6, 6.07) is 7.36. The number of rotatable bonds is 4. The summed E-state index contributed by atoms with van der Waals surface area (Å²) in [6.45, 7) is 0.133. The highest BCUT2D eigenvalue weighted by Crippen LogP contribution is 2.30. The van der Waals surface area contributed by atoms with Gasteiger partial charge in [0.2, 0.25) is 0 Å². The number of aromatic nitrogens is 1. The Morgan fingerprint density at radius 3 is 2.60 bits per heavy atom. The van der Waals surface area contributed by atoms with Crippen molar-refractivity contribution in [2.45, 2.75) is 19.1 Å². The van der Waals surface area contributed by atoms with Crippen LogP contribution in [-0.4, -0.2) is 24.8 Å². The number of fused-ring (bicyclic) bond motifs is 1. The van der Waals surface area contributed by atoms with Crippen molar-refractivity contribution in [3.8, 4) is 0 Å². The third-order valence-corrected chi connectivity index (χ3v) is 3.16. The number of benzene rings is 1. The minimum atomic E-state index is -4.17. The fourth-order valence-corrected chi connectivity index (χ4v) is 2.17. The summed E-state index contributed by atoms with van der Waals surface area (Å²) in [5, 5.41) is 0.820. The molecule has 0 radical (unpaired) electrons. The molecule has 0 spiro atoms. The molecule has 2 N–H and O–H groups in total. The lowest BCUT2D eigenvalue weighted by atomic mass is 10.1. The molecule has 1 aromatic heterocycles. The maximum atomic E-state index is 12.4. The second kappa shape index (κ2) is 5.66. The average molecular weight is 283 g/mol. The summed E-state index contributed by atoms with van der Waals surface area (Å²) in [6.07, 6.45) is -3.40. The monoisotopic (exact) mass is 283 g/mol. The molecule has 3 nitrogen and oxygen atoms in total. The van der Waals surface area contributed by atoms with E-state index in [1.54, 1.807) is 18.1 Å². The highest BCUT2D eigenvalue weighted by Gasteiger charge is 2.27. The SMILES string of the molecule is CN(CCC(F)(F)F)c1c(CN)cnc2ccccc12. The first-order chi connectivity index (χ1) is 9.42. The second-order valence-corrected chi connectivity index (χ2v) is 4.64. The van der Waals surface area contributed by atoms with Crippen molar-refractivity contribution in [2.75, 3.05) is 18.5 Å². The van der Waals surface area contributed by atoms with Crippen LogP contribution in [0.2, 0.25) is 0 Å². The summed E-state index contributed by atoms with van der Waals surface area (Å²) in [4.78, 5) is 5.87. The van der Waals surface area contributed by atoms with E-state index in [2.05, 4.69) is 4.98 Å². The van der Waals surface area contributed by atoms with Crippen molar-refractivity contribution in [1.29, 1.82) is 0 Å². The number of hydrogen-bond donors (Lipinski definition) is 1. The molecular weight excluding hydrogens is 267 g/mol. The zero-order valence-corrected chi connectivity index (χ0v) is 11.1. The van der Waals surface area contributed by atoms with Gasteiger partial charge in [-0.1, -0.05) is 18.2 Å². The van der Waals surface area contributed by atoms with Gasteiger partial charge in [-0.15, -0.1) is 0 Å². The Kier molecular flexibility index (Phi) is 4.13. The van der Waals surface area contributed by atoms with Crippen molar-refractivity contribution < 1.29 is 13.2 Å². The van der Waals surface area contributed by atoms with Crippen LogP contribution in [0, 0.1) is 0 Å². The van der Waals surface area contributed by atoms with Gasteiger partial charge in [-0.25, -0.2) is 0 Å². The van der Waals surface area contributed by atoms with Crippen molar-refractivity contribution in [1.82, 2.24) is 4.98 Å². The van der Waals surface area contributed by atoms with Crippen LogP contribution in [0.25, 0.3) is 10.9 Å². The lowest BCUT2D eigenvalue weighted by Gasteiger charge is -2.24. The van der Waals surface area contributed by atoms with E-state index in [1.807, 2.05) is 24.3 Å². The van der Waals surface area contributed by atoms with Gasteiger partial charge in [0, 0.05) is 37.3 Å². The van der Waals surface area contributed by atoms with Gasteiger partial charge in [0.25, 0.3) is 0 Å². The van der Waals surface area contributed by atoms with E-state index in [0.717, 1.165) is 22.2 Å². The minimum absolute atomic E-state index is 0.107. The molecule has 0 aliphatic heterocycles. The summed E-state index contributed by atoms with van der Waals surface area (Å²) >= 11 is 0. The van der Waals surface area contributed by atoms with Crippen molar-refractivity contribution in [3.63, 3.8) is 0 Å². The van der Waals surface area contributed by atoms with Gasteiger partial charge in [-0.3, -0.25) is 4.98 Å². The van der Waals surface area contributed by atoms with E-state index in [9.17, 15) is 13.2 Å². The average Bonchev–Trinajstić information content (AvgIpc) is 2.42. The molecule has 0 unspecified atom stereocenters. The highest BCUT2D eigenvalue weighted by molar-refractivity contribution is 5.93. The number of anilines is 1. The predicted octanol–water partition coefficient (Wildman–Crippen LogP) is 3.08. The molecule has 20 heavy (non-hydrogen) atoms. The molecule has 1 aromatic carbocycles. The van der Waals surface area contributed by atoms with Gasteiger partial charge in [-0.05, 0) is 6.07 Å². The molecule has 2 aromatic rings. The Morgan fingerprint density at radius 2 is 1.95 bits per heavy atom. The number of nitrogens with zero attached hydrogens (tertiary/aromatic N) is 2. The van der Waals surface area contributed by atoms with Gasteiger partial charge >= 0.3 is 6.18 Å². The van der Waals surface area contributed by atoms with E-state index < -0.39 is 12.6 Å². The second-order valence-electron chi connectivity index (χ2n) is 4.64. The molecule has 0 bridgehead atoms. The summed E-state index contributed by atoms with van der Waals surface area (Å²) in [5.41, 5.74) is 7.89. The third kappa shape index (κ3) is 3.19. The maximum Gasteiger partial charge on any atom is 0.390 e. The van der Waals surface area contributed by atoms with Gasteiger partial charge in [0.1, 0.15) is 0 Å². The number of para-hydroxylation sites is 1. The van der Waals surface area contributed by atoms with Crippen LogP contribution < -0.4 is 10.6 Å². The van der Waals surface area contributed by atoms with Crippen LogP contribution in [0.1, 0.15) is 12.0 Å². The molecular formula is C14H16F3N3. The number of nitrogens with two attached hydrogens (primary N) is 1. The number of hydrogen-bond acceptors (Lipinski definition) is 3. The first-order valence-corrected chi connectivity index (χ1v) is 6.27. The molecule has 108 valence electrons. The number of pyridine rings is 1. The summed E-state index contributed by atoms with van der Waals surface area (Å²) < 4.78 is 37.1. The van der Waals surface area contributed by atoms with Crippen LogP contribution in [-0.2, 0) is 6.54 Å². The van der Waals surface area contributed by atoms with E-state index in [1.165, 1.54) is 0 Å². The quantitative estimate of drug-likeness (QED) is 0.937. The molecule has 2 rings (SSSR count). The third-order valence-electron chi connectivity index (χ3n) is 3.16. The van der Waals surface area contributed by atoms with Crippen LogP contribution in [0.3, 0.4) is 0 Å². The molecule has 1 heterocycles. The zero-order chi connectivity index (χ0) is 14.8.